The van der Waals surface area contributed by atoms with Gasteiger partial charge in [0.15, 0.2) is 6.61 Å². The van der Waals surface area contributed by atoms with Crippen molar-refractivity contribution < 1.29 is 14.6 Å². The molecule has 4 rings (SSSR count). The number of benzene rings is 4. The molecule has 0 saturated heterocycles. The van der Waals surface area contributed by atoms with Crippen molar-refractivity contribution in [2.45, 2.75) is 13.0 Å². The lowest BCUT2D eigenvalue weighted by Gasteiger charge is -2.23. The van der Waals surface area contributed by atoms with Gasteiger partial charge in [-0.15, -0.1) is 0 Å². The standard InChI is InChI=1S/C26H23NO3/c1-18-9-5-8-14-23(18)30-17-24(29)27-26(20-11-3-2-4-12-20)25-21-13-7-6-10-19(21)15-16-22(25)28/h2-16,26,28H,17H2,1H3,(H,27,29)/t26-/m1/s1. The minimum absolute atomic E-state index is 0.111. The van der Waals surface area contributed by atoms with Gasteiger partial charge >= 0.3 is 0 Å². The van der Waals surface area contributed by atoms with Gasteiger partial charge < -0.3 is 15.2 Å². The van der Waals surface area contributed by atoms with Crippen LogP contribution in [0.5, 0.6) is 11.5 Å². The number of phenolic OH excluding ortho intramolecular Hbond substituents is 1. The molecule has 1 amide bonds. The fourth-order valence-corrected chi connectivity index (χ4v) is 3.62. The normalized spacial score (nSPS) is 11.8. The summed E-state index contributed by atoms with van der Waals surface area (Å²) in [6, 6.07) is 28.1. The molecule has 1 atom stereocenters. The summed E-state index contributed by atoms with van der Waals surface area (Å²) in [5.74, 6) is 0.555. The van der Waals surface area contributed by atoms with E-state index >= 15 is 0 Å². The minimum Gasteiger partial charge on any atom is -0.508 e. The predicted molar refractivity (Wildman–Crippen MR) is 119 cm³/mol. The summed E-state index contributed by atoms with van der Waals surface area (Å²) in [5, 5.41) is 15.7. The summed E-state index contributed by atoms with van der Waals surface area (Å²) in [4.78, 5) is 12.8. The lowest BCUT2D eigenvalue weighted by atomic mass is 9.92. The summed E-state index contributed by atoms with van der Waals surface area (Å²) >= 11 is 0. The molecule has 4 nitrogen and oxygen atoms in total. The van der Waals surface area contributed by atoms with Crippen molar-refractivity contribution in [1.29, 1.82) is 0 Å². The molecule has 0 heterocycles. The average molecular weight is 397 g/mol. The average Bonchev–Trinajstić information content (AvgIpc) is 2.78. The second-order valence-electron chi connectivity index (χ2n) is 7.18. The summed E-state index contributed by atoms with van der Waals surface area (Å²) in [7, 11) is 0. The van der Waals surface area contributed by atoms with E-state index in [4.69, 9.17) is 4.74 Å². The SMILES string of the molecule is Cc1ccccc1OCC(=O)N[C@H](c1ccccc1)c1c(O)ccc2ccccc12. The third-order valence-corrected chi connectivity index (χ3v) is 5.13. The van der Waals surface area contributed by atoms with Gasteiger partial charge in [0.2, 0.25) is 0 Å². The molecule has 0 aliphatic heterocycles. The highest BCUT2D eigenvalue weighted by Gasteiger charge is 2.22. The van der Waals surface area contributed by atoms with Gasteiger partial charge in [-0.25, -0.2) is 0 Å². The minimum atomic E-state index is -0.509. The highest BCUT2D eigenvalue weighted by Crippen LogP contribution is 2.35. The highest BCUT2D eigenvalue weighted by molar-refractivity contribution is 5.89. The number of fused-ring (bicyclic) bond motifs is 1. The summed E-state index contributed by atoms with van der Waals surface area (Å²) < 4.78 is 5.71. The molecule has 150 valence electrons. The second kappa shape index (κ2) is 8.70. The first-order valence-corrected chi connectivity index (χ1v) is 9.87. The molecule has 4 heteroatoms. The van der Waals surface area contributed by atoms with Gasteiger partial charge in [0.05, 0.1) is 6.04 Å². The van der Waals surface area contributed by atoms with Crippen molar-refractivity contribution in [1.82, 2.24) is 5.32 Å². The molecule has 30 heavy (non-hydrogen) atoms. The number of ether oxygens (including phenoxy) is 1. The molecule has 0 radical (unpaired) electrons. The van der Waals surface area contributed by atoms with Crippen LogP contribution in [0.15, 0.2) is 91.0 Å². The second-order valence-corrected chi connectivity index (χ2v) is 7.18. The molecule has 0 aromatic heterocycles. The van der Waals surface area contributed by atoms with E-state index in [2.05, 4.69) is 5.32 Å². The Morgan fingerprint density at radius 3 is 2.40 bits per heavy atom. The zero-order valence-corrected chi connectivity index (χ0v) is 16.7. The maximum Gasteiger partial charge on any atom is 0.258 e. The van der Waals surface area contributed by atoms with Crippen molar-refractivity contribution in [3.05, 3.63) is 108 Å². The summed E-state index contributed by atoms with van der Waals surface area (Å²) in [6.45, 7) is 1.83. The van der Waals surface area contributed by atoms with Gasteiger partial charge in [-0.1, -0.05) is 78.9 Å². The smallest absolute Gasteiger partial charge is 0.258 e. The Balaban J connectivity index is 1.66. The molecular weight excluding hydrogens is 374 g/mol. The van der Waals surface area contributed by atoms with Crippen LogP contribution in [0, 0.1) is 6.92 Å². The van der Waals surface area contributed by atoms with Crippen LogP contribution >= 0.6 is 0 Å². The molecule has 2 N–H and O–H groups in total. The van der Waals surface area contributed by atoms with Gasteiger partial charge in [-0.3, -0.25) is 4.79 Å². The number of para-hydroxylation sites is 1. The summed E-state index contributed by atoms with van der Waals surface area (Å²) in [5.41, 5.74) is 2.52. The van der Waals surface area contributed by atoms with Crippen molar-refractivity contribution in [3.8, 4) is 11.5 Å². The number of hydrogen-bond acceptors (Lipinski definition) is 3. The molecule has 4 aromatic rings. The Labute approximate surface area is 175 Å². The maximum absolute atomic E-state index is 12.8. The number of carbonyl (C=O) groups is 1. The molecule has 4 aromatic carbocycles. The van der Waals surface area contributed by atoms with Crippen molar-refractivity contribution in [2.24, 2.45) is 0 Å². The number of carbonyl (C=O) groups excluding carboxylic acids is 1. The quantitative estimate of drug-likeness (QED) is 0.474. The first kappa shape index (κ1) is 19.5. The lowest BCUT2D eigenvalue weighted by Crippen LogP contribution is -2.33. The van der Waals surface area contributed by atoms with E-state index in [1.165, 1.54) is 0 Å². The number of rotatable bonds is 6. The number of nitrogens with one attached hydrogen (secondary N) is 1. The van der Waals surface area contributed by atoms with Crippen LogP contribution < -0.4 is 10.1 Å². The first-order valence-electron chi connectivity index (χ1n) is 9.87. The van der Waals surface area contributed by atoms with Gasteiger partial charge in [0, 0.05) is 5.56 Å². The number of hydrogen-bond donors (Lipinski definition) is 2. The monoisotopic (exact) mass is 397 g/mol. The van der Waals surface area contributed by atoms with E-state index in [9.17, 15) is 9.90 Å². The Bertz CT molecular complexity index is 1170. The first-order chi connectivity index (χ1) is 14.6. The lowest BCUT2D eigenvalue weighted by molar-refractivity contribution is -0.123. The number of aryl methyl sites for hydroxylation is 1. The van der Waals surface area contributed by atoms with Crippen molar-refractivity contribution >= 4 is 16.7 Å². The predicted octanol–water partition coefficient (Wildman–Crippen LogP) is 5.14. The summed E-state index contributed by atoms with van der Waals surface area (Å²) in [6.07, 6.45) is 0. The van der Waals surface area contributed by atoms with E-state index in [1.807, 2.05) is 91.9 Å². The van der Waals surface area contributed by atoms with Crippen LogP contribution in [0.1, 0.15) is 22.7 Å². The molecule has 0 aliphatic carbocycles. The Morgan fingerprint density at radius 2 is 1.60 bits per heavy atom. The van der Waals surface area contributed by atoms with Crippen LogP contribution in [0.4, 0.5) is 0 Å². The third kappa shape index (κ3) is 4.13. The van der Waals surface area contributed by atoms with Gasteiger partial charge in [0.25, 0.3) is 5.91 Å². The van der Waals surface area contributed by atoms with E-state index in [-0.39, 0.29) is 18.3 Å². The molecule has 0 saturated carbocycles. The third-order valence-electron chi connectivity index (χ3n) is 5.13. The Hall–Kier alpha value is -3.79. The highest BCUT2D eigenvalue weighted by atomic mass is 16.5. The molecular formula is C26H23NO3. The number of phenols is 1. The molecule has 0 unspecified atom stereocenters. The van der Waals surface area contributed by atoms with Crippen molar-refractivity contribution in [2.75, 3.05) is 6.61 Å². The van der Waals surface area contributed by atoms with Gasteiger partial charge in [-0.05, 0) is 41.0 Å². The van der Waals surface area contributed by atoms with E-state index < -0.39 is 6.04 Å². The van der Waals surface area contributed by atoms with Crippen LogP contribution in [0.3, 0.4) is 0 Å². The van der Waals surface area contributed by atoms with E-state index in [0.717, 1.165) is 21.9 Å². The van der Waals surface area contributed by atoms with Gasteiger partial charge in [0.1, 0.15) is 11.5 Å². The molecule has 0 aliphatic rings. The Morgan fingerprint density at radius 1 is 0.900 bits per heavy atom. The van der Waals surface area contributed by atoms with Gasteiger partial charge in [-0.2, -0.15) is 0 Å². The number of aromatic hydroxyl groups is 1. The molecule has 0 bridgehead atoms. The fourth-order valence-electron chi connectivity index (χ4n) is 3.62. The zero-order valence-electron chi connectivity index (χ0n) is 16.7. The topological polar surface area (TPSA) is 58.6 Å². The molecule has 0 spiro atoms. The van der Waals surface area contributed by atoms with Crippen molar-refractivity contribution in [3.63, 3.8) is 0 Å². The molecule has 0 fully saturated rings. The van der Waals surface area contributed by atoms with Crippen LogP contribution in [-0.2, 0) is 4.79 Å². The number of amides is 1. The van der Waals surface area contributed by atoms with E-state index in [0.29, 0.717) is 11.3 Å². The van der Waals surface area contributed by atoms with E-state index in [1.54, 1.807) is 6.07 Å². The van der Waals surface area contributed by atoms with Crippen LogP contribution in [0.2, 0.25) is 0 Å². The van der Waals surface area contributed by atoms with Crippen LogP contribution in [-0.4, -0.2) is 17.6 Å². The largest absolute Gasteiger partial charge is 0.508 e. The van der Waals surface area contributed by atoms with Crippen LogP contribution in [0.25, 0.3) is 10.8 Å². The Kier molecular flexibility index (Phi) is 5.66. The maximum atomic E-state index is 12.8. The fraction of sp³-hybridized carbons (Fsp3) is 0.115. The zero-order chi connectivity index (χ0) is 20.9.